The molecule has 0 bridgehead atoms. The SMILES string of the molecule is CC1(C)OCC(CNc2cc(Br)nc(C(C)(C)C)n2)O1. The number of rotatable bonds is 3. The van der Waals surface area contributed by atoms with Crippen molar-refractivity contribution in [1.29, 1.82) is 0 Å². The summed E-state index contributed by atoms with van der Waals surface area (Å²) < 4.78 is 12.1. The van der Waals surface area contributed by atoms with Crippen molar-refractivity contribution in [2.45, 2.75) is 51.9 Å². The highest BCUT2D eigenvalue weighted by Crippen LogP contribution is 2.24. The molecule has 1 fully saturated rings. The second kappa shape index (κ2) is 5.58. The summed E-state index contributed by atoms with van der Waals surface area (Å²) in [5.74, 6) is 1.11. The third kappa shape index (κ3) is 4.14. The maximum absolute atomic E-state index is 5.76. The summed E-state index contributed by atoms with van der Waals surface area (Å²) in [4.78, 5) is 8.97. The van der Waals surface area contributed by atoms with Crippen LogP contribution in [0.5, 0.6) is 0 Å². The zero-order valence-electron chi connectivity index (χ0n) is 12.7. The van der Waals surface area contributed by atoms with Gasteiger partial charge in [-0.3, -0.25) is 0 Å². The topological polar surface area (TPSA) is 56.3 Å². The van der Waals surface area contributed by atoms with Crippen molar-refractivity contribution >= 4 is 21.7 Å². The van der Waals surface area contributed by atoms with Crippen molar-refractivity contribution in [2.75, 3.05) is 18.5 Å². The van der Waals surface area contributed by atoms with E-state index >= 15 is 0 Å². The van der Waals surface area contributed by atoms with Crippen molar-refractivity contribution in [3.8, 4) is 0 Å². The highest BCUT2D eigenvalue weighted by molar-refractivity contribution is 9.10. The van der Waals surface area contributed by atoms with Crippen molar-refractivity contribution in [3.63, 3.8) is 0 Å². The minimum absolute atomic E-state index is 0.0387. The smallest absolute Gasteiger partial charge is 0.163 e. The molecule has 1 saturated heterocycles. The number of nitrogens with zero attached hydrogens (tertiary/aromatic N) is 2. The molecular weight excluding hydrogens is 322 g/mol. The van der Waals surface area contributed by atoms with E-state index in [1.807, 2.05) is 19.9 Å². The summed E-state index contributed by atoms with van der Waals surface area (Å²) in [6, 6.07) is 1.87. The summed E-state index contributed by atoms with van der Waals surface area (Å²) in [6.07, 6.45) is 0.0387. The first-order valence-corrected chi connectivity index (χ1v) is 7.56. The molecule has 1 unspecified atom stereocenters. The number of aromatic nitrogens is 2. The maximum atomic E-state index is 5.76. The average Bonchev–Trinajstić information content (AvgIpc) is 2.64. The van der Waals surface area contributed by atoms with Crippen LogP contribution in [0.2, 0.25) is 0 Å². The molecule has 0 amide bonds. The number of ether oxygens (including phenoxy) is 2. The van der Waals surface area contributed by atoms with Crippen molar-refractivity contribution in [3.05, 3.63) is 16.5 Å². The lowest BCUT2D eigenvalue weighted by Gasteiger charge is -2.19. The zero-order valence-corrected chi connectivity index (χ0v) is 14.2. The predicted octanol–water partition coefficient (Wildman–Crippen LogP) is 3.10. The van der Waals surface area contributed by atoms with Gasteiger partial charge < -0.3 is 14.8 Å². The fourth-order valence-corrected chi connectivity index (χ4v) is 2.31. The molecule has 1 aromatic rings. The number of hydrogen-bond acceptors (Lipinski definition) is 5. The molecule has 0 radical (unpaired) electrons. The lowest BCUT2D eigenvalue weighted by Crippen LogP contribution is -2.26. The Kier molecular flexibility index (Phi) is 4.37. The monoisotopic (exact) mass is 343 g/mol. The molecule has 0 aliphatic carbocycles. The summed E-state index contributed by atoms with van der Waals surface area (Å²) >= 11 is 3.43. The van der Waals surface area contributed by atoms with Gasteiger partial charge in [-0.2, -0.15) is 0 Å². The standard InChI is InChI=1S/C14H22BrN3O2/c1-13(2,3)12-17-10(15)6-11(18-12)16-7-9-8-19-14(4,5)20-9/h6,9H,7-8H2,1-5H3,(H,16,17,18). The molecule has 1 atom stereocenters. The van der Waals surface area contributed by atoms with Gasteiger partial charge in [0, 0.05) is 18.0 Å². The van der Waals surface area contributed by atoms with E-state index in [0.29, 0.717) is 13.2 Å². The summed E-state index contributed by atoms with van der Waals surface area (Å²) in [5.41, 5.74) is -0.0881. The van der Waals surface area contributed by atoms with E-state index in [1.54, 1.807) is 0 Å². The Morgan fingerprint density at radius 1 is 1.40 bits per heavy atom. The van der Waals surface area contributed by atoms with E-state index in [2.05, 4.69) is 52.0 Å². The molecule has 2 rings (SSSR count). The van der Waals surface area contributed by atoms with E-state index in [0.717, 1.165) is 16.2 Å². The first-order chi connectivity index (χ1) is 9.16. The van der Waals surface area contributed by atoms with Crippen LogP contribution in [0.3, 0.4) is 0 Å². The summed E-state index contributed by atoms with van der Waals surface area (Å²) in [5, 5.41) is 3.29. The van der Waals surface area contributed by atoms with Gasteiger partial charge >= 0.3 is 0 Å². The van der Waals surface area contributed by atoms with Crippen LogP contribution < -0.4 is 5.32 Å². The van der Waals surface area contributed by atoms with Gasteiger partial charge in [-0.1, -0.05) is 20.8 Å². The first-order valence-electron chi connectivity index (χ1n) is 6.76. The second-order valence-electron chi connectivity index (χ2n) is 6.48. The van der Waals surface area contributed by atoms with E-state index in [9.17, 15) is 0 Å². The average molecular weight is 344 g/mol. The maximum Gasteiger partial charge on any atom is 0.163 e. The highest BCUT2D eigenvalue weighted by atomic mass is 79.9. The van der Waals surface area contributed by atoms with Gasteiger partial charge in [0.1, 0.15) is 22.3 Å². The van der Waals surface area contributed by atoms with E-state index in [1.165, 1.54) is 0 Å². The van der Waals surface area contributed by atoms with E-state index in [4.69, 9.17) is 9.47 Å². The summed E-state index contributed by atoms with van der Waals surface area (Å²) in [6.45, 7) is 11.4. The predicted molar refractivity (Wildman–Crippen MR) is 81.8 cm³/mol. The molecular formula is C14H22BrN3O2. The molecule has 1 aromatic heterocycles. The van der Waals surface area contributed by atoms with Crippen LogP contribution in [0.15, 0.2) is 10.7 Å². The van der Waals surface area contributed by atoms with Crippen LogP contribution in [0.25, 0.3) is 0 Å². The van der Waals surface area contributed by atoms with Crippen LogP contribution in [-0.4, -0.2) is 35.0 Å². The fourth-order valence-electron chi connectivity index (χ4n) is 1.93. The minimum atomic E-state index is -0.491. The lowest BCUT2D eigenvalue weighted by atomic mass is 9.96. The Morgan fingerprint density at radius 2 is 2.10 bits per heavy atom. The molecule has 2 heterocycles. The Hall–Kier alpha value is -0.720. The van der Waals surface area contributed by atoms with Gasteiger partial charge in [0.15, 0.2) is 5.79 Å². The van der Waals surface area contributed by atoms with E-state index in [-0.39, 0.29) is 11.5 Å². The van der Waals surface area contributed by atoms with Gasteiger partial charge in [-0.25, -0.2) is 9.97 Å². The third-order valence-corrected chi connectivity index (χ3v) is 3.35. The quantitative estimate of drug-likeness (QED) is 0.854. The van der Waals surface area contributed by atoms with Gasteiger partial charge in [-0.15, -0.1) is 0 Å². The molecule has 5 nitrogen and oxygen atoms in total. The molecule has 1 aliphatic heterocycles. The van der Waals surface area contributed by atoms with Gasteiger partial charge in [0.05, 0.1) is 6.61 Å². The van der Waals surface area contributed by atoms with Crippen molar-refractivity contribution < 1.29 is 9.47 Å². The van der Waals surface area contributed by atoms with Crippen molar-refractivity contribution in [2.24, 2.45) is 0 Å². The van der Waals surface area contributed by atoms with Crippen LogP contribution >= 0.6 is 15.9 Å². The second-order valence-corrected chi connectivity index (χ2v) is 7.29. The molecule has 0 aromatic carbocycles. The normalized spacial score (nSPS) is 22.0. The van der Waals surface area contributed by atoms with Gasteiger partial charge in [0.25, 0.3) is 0 Å². The Balaban J connectivity index is 2.02. The first kappa shape index (κ1) is 15.7. The van der Waals surface area contributed by atoms with Gasteiger partial charge in [0.2, 0.25) is 0 Å². The molecule has 6 heteroatoms. The molecule has 0 saturated carbocycles. The number of hydrogen-bond donors (Lipinski definition) is 1. The van der Waals surface area contributed by atoms with E-state index < -0.39 is 5.79 Å². The number of nitrogens with one attached hydrogen (secondary N) is 1. The number of halogens is 1. The minimum Gasteiger partial charge on any atom is -0.367 e. The molecule has 112 valence electrons. The Labute approximate surface area is 128 Å². The molecule has 1 N–H and O–H groups in total. The van der Waals surface area contributed by atoms with Crippen LogP contribution in [0.4, 0.5) is 5.82 Å². The number of anilines is 1. The van der Waals surface area contributed by atoms with Crippen LogP contribution in [0.1, 0.15) is 40.4 Å². The molecule has 1 aliphatic rings. The van der Waals surface area contributed by atoms with Crippen molar-refractivity contribution in [1.82, 2.24) is 9.97 Å². The Bertz CT molecular complexity index is 486. The third-order valence-electron chi connectivity index (χ3n) is 2.94. The zero-order chi connectivity index (χ0) is 15.0. The largest absolute Gasteiger partial charge is 0.367 e. The highest BCUT2D eigenvalue weighted by Gasteiger charge is 2.32. The summed E-state index contributed by atoms with van der Waals surface area (Å²) in [7, 11) is 0. The van der Waals surface area contributed by atoms with Gasteiger partial charge in [-0.05, 0) is 29.8 Å². The van der Waals surface area contributed by atoms with Crippen LogP contribution in [0, 0.1) is 0 Å². The lowest BCUT2D eigenvalue weighted by molar-refractivity contribution is -0.136. The van der Waals surface area contributed by atoms with Crippen LogP contribution in [-0.2, 0) is 14.9 Å². The molecule has 20 heavy (non-hydrogen) atoms. The Morgan fingerprint density at radius 3 is 2.65 bits per heavy atom. The molecule has 0 spiro atoms. The fraction of sp³-hybridized carbons (Fsp3) is 0.714.